The second-order valence-corrected chi connectivity index (χ2v) is 5.15. The third-order valence-electron chi connectivity index (χ3n) is 3.80. The maximum atomic E-state index is 12.6. The SMILES string of the molecule is CC#CCC(C(=O)OCC)(C(=O)OCC)[C@H]1C=C[C@H](O)CC1. The van der Waals surface area contributed by atoms with Crippen molar-refractivity contribution < 1.29 is 24.2 Å². The van der Waals surface area contributed by atoms with Crippen LogP contribution >= 0.6 is 0 Å². The zero-order valence-electron chi connectivity index (χ0n) is 13.4. The second kappa shape index (κ2) is 8.60. The van der Waals surface area contributed by atoms with Gasteiger partial charge in [-0.25, -0.2) is 0 Å². The highest BCUT2D eigenvalue weighted by Gasteiger charge is 2.54. The third kappa shape index (κ3) is 3.89. The van der Waals surface area contributed by atoms with Crippen molar-refractivity contribution in [3.8, 4) is 11.8 Å². The predicted molar refractivity (Wildman–Crippen MR) is 81.6 cm³/mol. The first-order valence-corrected chi connectivity index (χ1v) is 7.63. The summed E-state index contributed by atoms with van der Waals surface area (Å²) in [7, 11) is 0. The van der Waals surface area contributed by atoms with E-state index in [9.17, 15) is 14.7 Å². The van der Waals surface area contributed by atoms with E-state index < -0.39 is 29.4 Å². The van der Waals surface area contributed by atoms with E-state index in [4.69, 9.17) is 9.47 Å². The molecule has 5 nitrogen and oxygen atoms in total. The van der Waals surface area contributed by atoms with Crippen LogP contribution < -0.4 is 0 Å². The molecule has 0 aromatic heterocycles. The number of carbonyl (C=O) groups is 2. The Hall–Kier alpha value is -1.80. The van der Waals surface area contributed by atoms with Crippen LogP contribution in [0.2, 0.25) is 0 Å². The molecule has 0 unspecified atom stereocenters. The van der Waals surface area contributed by atoms with Crippen LogP contribution in [0.3, 0.4) is 0 Å². The van der Waals surface area contributed by atoms with Crippen molar-refractivity contribution >= 4 is 11.9 Å². The van der Waals surface area contributed by atoms with Gasteiger partial charge in [0.05, 0.1) is 19.3 Å². The molecule has 0 fully saturated rings. The Balaban J connectivity index is 3.28. The number of ether oxygens (including phenoxy) is 2. The average Bonchev–Trinajstić information content (AvgIpc) is 2.50. The molecule has 1 aliphatic carbocycles. The fourth-order valence-corrected chi connectivity index (χ4v) is 2.62. The lowest BCUT2D eigenvalue weighted by atomic mass is 9.69. The molecule has 2 atom stereocenters. The Kier molecular flexibility index (Phi) is 7.13. The lowest BCUT2D eigenvalue weighted by molar-refractivity contribution is -0.175. The molecule has 0 saturated heterocycles. The molecule has 0 aromatic rings. The Labute approximate surface area is 131 Å². The number of hydrogen-bond donors (Lipinski definition) is 1. The van der Waals surface area contributed by atoms with Crippen molar-refractivity contribution in [2.45, 2.75) is 46.1 Å². The Morgan fingerprint density at radius 2 is 1.77 bits per heavy atom. The molecular formula is C17H24O5. The van der Waals surface area contributed by atoms with Crippen molar-refractivity contribution in [3.05, 3.63) is 12.2 Å². The van der Waals surface area contributed by atoms with Crippen molar-refractivity contribution in [2.24, 2.45) is 11.3 Å². The summed E-state index contributed by atoms with van der Waals surface area (Å²) in [5, 5.41) is 9.61. The third-order valence-corrected chi connectivity index (χ3v) is 3.80. The van der Waals surface area contributed by atoms with Crippen LogP contribution in [0, 0.1) is 23.2 Å². The van der Waals surface area contributed by atoms with E-state index in [-0.39, 0.29) is 19.6 Å². The van der Waals surface area contributed by atoms with Crippen LogP contribution in [0.5, 0.6) is 0 Å². The van der Waals surface area contributed by atoms with Crippen LogP contribution in [-0.4, -0.2) is 36.4 Å². The molecule has 0 spiro atoms. The zero-order chi connectivity index (χ0) is 16.6. The van der Waals surface area contributed by atoms with Gasteiger partial charge in [0.2, 0.25) is 0 Å². The summed E-state index contributed by atoms with van der Waals surface area (Å²) in [5.41, 5.74) is -1.47. The molecule has 1 rings (SSSR count). The summed E-state index contributed by atoms with van der Waals surface area (Å²) in [5.74, 6) is 3.94. The number of hydrogen-bond acceptors (Lipinski definition) is 5. The van der Waals surface area contributed by atoms with E-state index in [2.05, 4.69) is 11.8 Å². The quantitative estimate of drug-likeness (QED) is 0.351. The van der Waals surface area contributed by atoms with Crippen LogP contribution in [0.1, 0.15) is 40.0 Å². The van der Waals surface area contributed by atoms with E-state index in [1.165, 1.54) is 0 Å². The van der Waals surface area contributed by atoms with Crippen molar-refractivity contribution in [1.29, 1.82) is 0 Å². The maximum absolute atomic E-state index is 12.6. The van der Waals surface area contributed by atoms with E-state index in [1.807, 2.05) is 0 Å². The molecule has 0 aromatic carbocycles. The molecule has 0 aliphatic heterocycles. The smallest absolute Gasteiger partial charge is 0.325 e. The first-order valence-electron chi connectivity index (χ1n) is 7.63. The minimum atomic E-state index is -1.47. The molecule has 1 aliphatic rings. The first kappa shape index (κ1) is 18.2. The average molecular weight is 308 g/mol. The van der Waals surface area contributed by atoms with E-state index in [0.717, 1.165) is 0 Å². The fourth-order valence-electron chi connectivity index (χ4n) is 2.62. The van der Waals surface area contributed by atoms with Crippen molar-refractivity contribution in [1.82, 2.24) is 0 Å². The summed E-state index contributed by atoms with van der Waals surface area (Å²) in [6, 6.07) is 0. The molecule has 22 heavy (non-hydrogen) atoms. The monoisotopic (exact) mass is 308 g/mol. The van der Waals surface area contributed by atoms with Gasteiger partial charge in [-0.3, -0.25) is 9.59 Å². The first-order chi connectivity index (χ1) is 10.5. The predicted octanol–water partition coefficient (Wildman–Crippen LogP) is 1.84. The topological polar surface area (TPSA) is 72.8 Å². The number of rotatable bonds is 6. The van der Waals surface area contributed by atoms with E-state index in [1.54, 1.807) is 32.9 Å². The molecule has 5 heteroatoms. The van der Waals surface area contributed by atoms with Gasteiger partial charge in [-0.1, -0.05) is 12.2 Å². The van der Waals surface area contributed by atoms with Gasteiger partial charge in [0, 0.05) is 12.3 Å². The molecule has 0 amide bonds. The number of aliphatic hydroxyl groups excluding tert-OH is 1. The summed E-state index contributed by atoms with van der Waals surface area (Å²) < 4.78 is 10.3. The maximum Gasteiger partial charge on any atom is 0.325 e. The number of carbonyl (C=O) groups excluding carboxylic acids is 2. The minimum absolute atomic E-state index is 0.0479. The number of aliphatic hydroxyl groups is 1. The van der Waals surface area contributed by atoms with Crippen molar-refractivity contribution in [3.63, 3.8) is 0 Å². The zero-order valence-corrected chi connectivity index (χ0v) is 13.4. The van der Waals surface area contributed by atoms with Crippen LogP contribution in [0.4, 0.5) is 0 Å². The van der Waals surface area contributed by atoms with Gasteiger partial charge in [0.15, 0.2) is 5.41 Å². The van der Waals surface area contributed by atoms with Crippen molar-refractivity contribution in [2.75, 3.05) is 13.2 Å². The molecule has 0 radical (unpaired) electrons. The highest BCUT2D eigenvalue weighted by Crippen LogP contribution is 2.40. The van der Waals surface area contributed by atoms with Crippen LogP contribution in [0.15, 0.2) is 12.2 Å². The number of esters is 2. The van der Waals surface area contributed by atoms with E-state index in [0.29, 0.717) is 12.8 Å². The largest absolute Gasteiger partial charge is 0.465 e. The standard InChI is InChI=1S/C17H24O5/c1-4-7-12-17(15(19)21-5-2,16(20)22-6-3)13-8-10-14(18)11-9-13/h8,10,13-14,18H,5-6,9,11-12H2,1-3H3/t13-,14-/m0/s1. The second-order valence-electron chi connectivity index (χ2n) is 5.15. The van der Waals surface area contributed by atoms with Gasteiger partial charge >= 0.3 is 11.9 Å². The van der Waals surface area contributed by atoms with Gasteiger partial charge in [0.25, 0.3) is 0 Å². The summed E-state index contributed by atoms with van der Waals surface area (Å²) in [6.07, 6.45) is 3.81. The Morgan fingerprint density at radius 3 is 2.18 bits per heavy atom. The lowest BCUT2D eigenvalue weighted by Gasteiger charge is -2.35. The minimum Gasteiger partial charge on any atom is -0.465 e. The fraction of sp³-hybridized carbons (Fsp3) is 0.647. The van der Waals surface area contributed by atoms with Crippen LogP contribution in [-0.2, 0) is 19.1 Å². The summed E-state index contributed by atoms with van der Waals surface area (Å²) in [4.78, 5) is 25.2. The Morgan fingerprint density at radius 1 is 1.18 bits per heavy atom. The highest BCUT2D eigenvalue weighted by atomic mass is 16.6. The summed E-state index contributed by atoms with van der Waals surface area (Å²) >= 11 is 0. The molecule has 0 heterocycles. The number of allylic oxidation sites excluding steroid dienone is 1. The molecule has 0 saturated carbocycles. The normalized spacial score (nSPS) is 20.7. The lowest BCUT2D eigenvalue weighted by Crippen LogP contribution is -2.48. The highest BCUT2D eigenvalue weighted by molar-refractivity contribution is 6.01. The Bertz CT molecular complexity index is 465. The van der Waals surface area contributed by atoms with Gasteiger partial charge in [-0.05, 0) is 33.6 Å². The molecule has 1 N–H and O–H groups in total. The molecular weight excluding hydrogens is 284 g/mol. The summed E-state index contributed by atoms with van der Waals surface area (Å²) in [6.45, 7) is 5.40. The van der Waals surface area contributed by atoms with Gasteiger partial charge in [-0.2, -0.15) is 0 Å². The van der Waals surface area contributed by atoms with Crippen LogP contribution in [0.25, 0.3) is 0 Å². The van der Waals surface area contributed by atoms with E-state index >= 15 is 0 Å². The van der Waals surface area contributed by atoms with Gasteiger partial charge in [-0.15, -0.1) is 11.8 Å². The van der Waals surface area contributed by atoms with Gasteiger partial charge < -0.3 is 14.6 Å². The molecule has 0 bridgehead atoms. The molecule has 122 valence electrons. The van der Waals surface area contributed by atoms with Gasteiger partial charge in [0.1, 0.15) is 0 Å².